The first-order valence-electron chi connectivity index (χ1n) is 12.6. The lowest BCUT2D eigenvalue weighted by Gasteiger charge is -2.23. The monoisotopic (exact) mass is 503 g/mol. The molecule has 0 amide bonds. The lowest BCUT2D eigenvalue weighted by molar-refractivity contribution is 0.420. The van der Waals surface area contributed by atoms with Crippen LogP contribution in [0.1, 0.15) is 67.4 Å². The van der Waals surface area contributed by atoms with Gasteiger partial charge in [-0.3, -0.25) is 9.36 Å². The first kappa shape index (κ1) is 26.2. The lowest BCUT2D eigenvalue weighted by atomic mass is 9.99. The summed E-state index contributed by atoms with van der Waals surface area (Å²) in [6.45, 7) is 5.75. The molecule has 0 aliphatic rings. The van der Waals surface area contributed by atoms with E-state index in [4.69, 9.17) is 0 Å². The number of aryl methyl sites for hydroxylation is 2. The van der Waals surface area contributed by atoms with Gasteiger partial charge in [0, 0.05) is 24.1 Å². The summed E-state index contributed by atoms with van der Waals surface area (Å²) in [5, 5.41) is 10.8. The molecule has 4 aromatic rings. The molecule has 0 bridgehead atoms. The van der Waals surface area contributed by atoms with Gasteiger partial charge in [0.1, 0.15) is 11.6 Å². The van der Waals surface area contributed by atoms with Gasteiger partial charge in [-0.05, 0) is 60.7 Å². The number of halogens is 2. The van der Waals surface area contributed by atoms with Gasteiger partial charge in [-0.25, -0.2) is 9.37 Å². The van der Waals surface area contributed by atoms with Crippen molar-refractivity contribution in [3.63, 3.8) is 0 Å². The predicted molar refractivity (Wildman–Crippen MR) is 141 cm³/mol. The van der Waals surface area contributed by atoms with Crippen LogP contribution in [0.3, 0.4) is 0 Å². The highest BCUT2D eigenvalue weighted by atomic mass is 19.1. The molecular weight excluding hydrogens is 472 g/mol. The molecule has 37 heavy (non-hydrogen) atoms. The highest BCUT2D eigenvalue weighted by Crippen LogP contribution is 2.27. The summed E-state index contributed by atoms with van der Waals surface area (Å²) < 4.78 is 29.1. The van der Waals surface area contributed by atoms with Gasteiger partial charge in [0.15, 0.2) is 0 Å². The Kier molecular flexibility index (Phi) is 8.11. The molecule has 0 fully saturated rings. The summed E-state index contributed by atoms with van der Waals surface area (Å²) >= 11 is 0. The number of aromatic hydroxyl groups is 1. The van der Waals surface area contributed by atoms with Crippen LogP contribution in [0.25, 0.3) is 11.1 Å². The number of hydrogen-bond donors (Lipinski definition) is 1. The van der Waals surface area contributed by atoms with E-state index in [0.29, 0.717) is 29.9 Å². The molecule has 0 saturated carbocycles. The molecule has 1 atom stereocenters. The van der Waals surface area contributed by atoms with E-state index in [1.165, 1.54) is 18.2 Å². The van der Waals surface area contributed by atoms with Crippen LogP contribution in [0.4, 0.5) is 8.78 Å². The van der Waals surface area contributed by atoms with Crippen LogP contribution in [0, 0.1) is 18.7 Å². The number of rotatable bonds is 9. The predicted octanol–water partition coefficient (Wildman–Crippen LogP) is 6.53. The number of nitrogens with zero attached hydrogens (tertiary/aromatic N) is 3. The van der Waals surface area contributed by atoms with Crippen molar-refractivity contribution in [3.05, 3.63) is 111 Å². The number of unbranched alkanes of at least 4 members (excludes halogenated alkanes) is 1. The van der Waals surface area contributed by atoms with Crippen molar-refractivity contribution in [2.75, 3.05) is 0 Å². The molecule has 7 heteroatoms. The largest absolute Gasteiger partial charge is 0.493 e. The van der Waals surface area contributed by atoms with Crippen molar-refractivity contribution < 1.29 is 13.9 Å². The maximum absolute atomic E-state index is 14.0. The van der Waals surface area contributed by atoms with E-state index < -0.39 is 12.0 Å². The van der Waals surface area contributed by atoms with Gasteiger partial charge in [0.25, 0.3) is 5.56 Å². The lowest BCUT2D eigenvalue weighted by Crippen LogP contribution is -2.32. The van der Waals surface area contributed by atoms with Crippen molar-refractivity contribution in [3.8, 4) is 17.0 Å². The normalized spacial score (nSPS) is 12.0. The zero-order valence-corrected chi connectivity index (χ0v) is 21.3. The van der Waals surface area contributed by atoms with Crippen LogP contribution in [0.5, 0.6) is 5.88 Å². The highest BCUT2D eigenvalue weighted by Gasteiger charge is 2.23. The van der Waals surface area contributed by atoms with E-state index in [-0.39, 0.29) is 29.2 Å². The summed E-state index contributed by atoms with van der Waals surface area (Å²) in [6.07, 6.45) is 3.00. The van der Waals surface area contributed by atoms with Gasteiger partial charge in [-0.2, -0.15) is 9.37 Å². The molecular formula is C30H31F2N3O2. The van der Waals surface area contributed by atoms with Gasteiger partial charge in [0.2, 0.25) is 11.8 Å². The molecule has 0 radical (unpaired) electrons. The van der Waals surface area contributed by atoms with E-state index in [0.717, 1.165) is 29.5 Å². The average Bonchev–Trinajstić information content (AvgIpc) is 2.88. The first-order chi connectivity index (χ1) is 17.8. The fourth-order valence-corrected chi connectivity index (χ4v) is 4.71. The number of pyridine rings is 1. The SMILES string of the molecule is CCCCc1nc(O)c(Cc2ccc(-c3ccc(F)nc3C)cc2)c(=O)n1C(CC)c1cccc(F)c1. The summed E-state index contributed by atoms with van der Waals surface area (Å²) in [7, 11) is 0. The van der Waals surface area contributed by atoms with Crippen molar-refractivity contribution in [2.24, 2.45) is 0 Å². The second kappa shape index (κ2) is 11.5. The van der Waals surface area contributed by atoms with E-state index in [2.05, 4.69) is 9.97 Å². The Morgan fingerprint density at radius 3 is 2.41 bits per heavy atom. The third-order valence-electron chi connectivity index (χ3n) is 6.64. The van der Waals surface area contributed by atoms with E-state index in [1.54, 1.807) is 23.6 Å². The smallest absolute Gasteiger partial charge is 0.261 e. The zero-order valence-electron chi connectivity index (χ0n) is 21.3. The molecule has 5 nitrogen and oxygen atoms in total. The molecule has 2 aromatic heterocycles. The first-order valence-corrected chi connectivity index (χ1v) is 12.6. The zero-order chi connectivity index (χ0) is 26.5. The average molecular weight is 504 g/mol. The molecule has 2 heterocycles. The van der Waals surface area contributed by atoms with Crippen molar-refractivity contribution in [1.29, 1.82) is 0 Å². The Balaban J connectivity index is 1.74. The Bertz CT molecular complexity index is 1450. The Labute approximate surface area is 215 Å². The third-order valence-corrected chi connectivity index (χ3v) is 6.64. The fourth-order valence-electron chi connectivity index (χ4n) is 4.71. The number of hydrogen-bond acceptors (Lipinski definition) is 4. The maximum Gasteiger partial charge on any atom is 0.261 e. The Morgan fingerprint density at radius 1 is 1.00 bits per heavy atom. The second-order valence-corrected chi connectivity index (χ2v) is 9.23. The Hall–Kier alpha value is -3.87. The van der Waals surface area contributed by atoms with E-state index >= 15 is 0 Å². The van der Waals surface area contributed by atoms with Crippen LogP contribution in [-0.2, 0) is 12.8 Å². The van der Waals surface area contributed by atoms with Crippen LogP contribution in [-0.4, -0.2) is 19.6 Å². The van der Waals surface area contributed by atoms with Crippen LogP contribution >= 0.6 is 0 Å². The van der Waals surface area contributed by atoms with Gasteiger partial charge >= 0.3 is 0 Å². The molecule has 2 aromatic carbocycles. The third kappa shape index (κ3) is 5.77. The van der Waals surface area contributed by atoms with Crippen molar-refractivity contribution in [2.45, 2.75) is 58.9 Å². The van der Waals surface area contributed by atoms with Crippen LogP contribution < -0.4 is 5.56 Å². The topological polar surface area (TPSA) is 68.0 Å². The Morgan fingerprint density at radius 2 is 1.76 bits per heavy atom. The van der Waals surface area contributed by atoms with Gasteiger partial charge < -0.3 is 5.11 Å². The van der Waals surface area contributed by atoms with E-state index in [1.807, 2.05) is 44.2 Å². The fraction of sp³-hybridized carbons (Fsp3) is 0.300. The number of aromatic nitrogens is 3. The minimum absolute atomic E-state index is 0.187. The molecule has 0 aliphatic carbocycles. The van der Waals surface area contributed by atoms with Gasteiger partial charge in [-0.1, -0.05) is 56.7 Å². The molecule has 0 saturated heterocycles. The van der Waals surface area contributed by atoms with Gasteiger partial charge in [-0.15, -0.1) is 0 Å². The summed E-state index contributed by atoms with van der Waals surface area (Å²) in [6, 6.07) is 16.4. The van der Waals surface area contributed by atoms with Crippen LogP contribution in [0.15, 0.2) is 65.5 Å². The summed E-state index contributed by atoms with van der Waals surface area (Å²) in [5.74, 6) is -0.663. The number of benzene rings is 2. The molecule has 1 N–H and O–H groups in total. The molecule has 1 unspecified atom stereocenters. The second-order valence-electron chi connectivity index (χ2n) is 9.23. The summed E-state index contributed by atoms with van der Waals surface area (Å²) in [4.78, 5) is 22.2. The van der Waals surface area contributed by atoms with Gasteiger partial charge in [0.05, 0.1) is 11.6 Å². The standard InChI is InChI=1S/C30H31F2N3O2/c1-4-6-10-28-34-29(36)25(30(37)35(28)26(5-2)22-8-7-9-23(31)18-22)17-20-11-13-21(14-12-20)24-15-16-27(32)33-19(24)3/h7-9,11-16,18,26,36H,4-6,10,17H2,1-3H3. The molecule has 0 aliphatic heterocycles. The van der Waals surface area contributed by atoms with Crippen LogP contribution in [0.2, 0.25) is 0 Å². The molecule has 4 rings (SSSR count). The molecule has 0 spiro atoms. The maximum atomic E-state index is 14.0. The van der Waals surface area contributed by atoms with E-state index in [9.17, 15) is 18.7 Å². The minimum atomic E-state index is -0.525. The molecule has 192 valence electrons. The van der Waals surface area contributed by atoms with Crippen molar-refractivity contribution >= 4 is 0 Å². The highest BCUT2D eigenvalue weighted by molar-refractivity contribution is 5.65. The minimum Gasteiger partial charge on any atom is -0.493 e. The summed E-state index contributed by atoms with van der Waals surface area (Å²) in [5.41, 5.74) is 3.66. The van der Waals surface area contributed by atoms with Crippen molar-refractivity contribution in [1.82, 2.24) is 14.5 Å². The quantitative estimate of drug-likeness (QED) is 0.264.